The van der Waals surface area contributed by atoms with E-state index in [0.717, 1.165) is 29.7 Å². The molecule has 1 atom stereocenters. The van der Waals surface area contributed by atoms with Crippen LogP contribution in [-0.4, -0.2) is 11.8 Å². The molecule has 0 aliphatic heterocycles. The zero-order valence-corrected chi connectivity index (χ0v) is 16.1. The number of rotatable bonds is 4. The van der Waals surface area contributed by atoms with Gasteiger partial charge in [-0.25, -0.2) is 0 Å². The molecule has 0 saturated carbocycles. The lowest BCUT2D eigenvalue weighted by atomic mass is 9.72. The van der Waals surface area contributed by atoms with Crippen LogP contribution in [0.5, 0.6) is 0 Å². The average molecular weight is 372 g/mol. The molecule has 1 aliphatic rings. The smallest absolute Gasteiger partial charge is 0.251 e. The summed E-state index contributed by atoms with van der Waals surface area (Å²) in [6.45, 7) is 6.73. The van der Waals surface area contributed by atoms with E-state index in [-0.39, 0.29) is 11.3 Å². The molecule has 0 fully saturated rings. The van der Waals surface area contributed by atoms with Gasteiger partial charge in [-0.15, -0.1) is 11.3 Å². The van der Waals surface area contributed by atoms with Gasteiger partial charge >= 0.3 is 0 Å². The van der Waals surface area contributed by atoms with Crippen molar-refractivity contribution in [3.8, 4) is 0 Å². The van der Waals surface area contributed by atoms with Crippen LogP contribution in [0.15, 0.2) is 28.9 Å². The largest absolute Gasteiger partial charge is 0.465 e. The maximum atomic E-state index is 12.2. The molecule has 0 radical (unpaired) electrons. The number of anilines is 1. The lowest BCUT2D eigenvalue weighted by Crippen LogP contribution is -2.27. The fourth-order valence-corrected chi connectivity index (χ4v) is 4.71. The van der Waals surface area contributed by atoms with Gasteiger partial charge in [0.1, 0.15) is 10.8 Å². The number of fused-ring (bicyclic) bond motifs is 1. The first-order valence-electron chi connectivity index (χ1n) is 8.72. The van der Waals surface area contributed by atoms with E-state index in [1.54, 1.807) is 24.5 Å². The predicted octanol–water partition coefficient (Wildman–Crippen LogP) is 4.24. The van der Waals surface area contributed by atoms with Crippen molar-refractivity contribution in [2.75, 3.05) is 5.32 Å². The lowest BCUT2D eigenvalue weighted by Gasteiger charge is -2.33. The Kier molecular flexibility index (Phi) is 5.05. The van der Waals surface area contributed by atoms with E-state index in [9.17, 15) is 9.59 Å². The molecular formula is C20H24N2O3S. The molecule has 0 aromatic carbocycles. The van der Waals surface area contributed by atoms with Crippen LogP contribution in [-0.2, 0) is 17.6 Å². The summed E-state index contributed by atoms with van der Waals surface area (Å²) in [4.78, 5) is 25.4. The van der Waals surface area contributed by atoms with Crippen LogP contribution >= 0.6 is 11.3 Å². The third-order valence-corrected chi connectivity index (χ3v) is 6.09. The minimum Gasteiger partial charge on any atom is -0.465 e. The second-order valence-electron chi connectivity index (χ2n) is 7.72. The molecule has 26 heavy (non-hydrogen) atoms. The van der Waals surface area contributed by atoms with Gasteiger partial charge in [0, 0.05) is 11.0 Å². The zero-order valence-electron chi connectivity index (χ0n) is 15.3. The molecule has 2 heterocycles. The topological polar surface area (TPSA) is 85.3 Å². The Bertz CT molecular complexity index is 841. The molecule has 0 saturated heterocycles. The standard InChI is InChI=1S/C20H24N2O3S/c1-20(2,3)12-6-8-14-15(11-12)26-19(17(14)18(21)24)22-16(23)9-7-13-5-4-10-25-13/h4-5,7,9-10,12H,6,8,11H2,1-3H3,(H2,21,24)(H,22,23)/b9-7+/t12-/m1/s1. The van der Waals surface area contributed by atoms with E-state index < -0.39 is 5.91 Å². The molecule has 2 amide bonds. The first kappa shape index (κ1) is 18.5. The number of hydrogen-bond donors (Lipinski definition) is 2. The number of primary amides is 1. The fourth-order valence-electron chi connectivity index (χ4n) is 3.37. The summed E-state index contributed by atoms with van der Waals surface area (Å²) in [6, 6.07) is 3.51. The van der Waals surface area contributed by atoms with Gasteiger partial charge < -0.3 is 15.5 Å². The van der Waals surface area contributed by atoms with E-state index in [2.05, 4.69) is 26.1 Å². The molecule has 3 N–H and O–H groups in total. The van der Waals surface area contributed by atoms with Crippen molar-refractivity contribution in [2.45, 2.75) is 40.0 Å². The van der Waals surface area contributed by atoms with Gasteiger partial charge in [0.25, 0.3) is 5.91 Å². The van der Waals surface area contributed by atoms with E-state index in [0.29, 0.717) is 22.2 Å². The molecule has 1 aliphatic carbocycles. The van der Waals surface area contributed by atoms with Gasteiger partial charge in [-0.3, -0.25) is 9.59 Å². The Morgan fingerprint density at radius 1 is 1.38 bits per heavy atom. The third-order valence-electron chi connectivity index (χ3n) is 4.92. The second kappa shape index (κ2) is 7.11. The van der Waals surface area contributed by atoms with E-state index >= 15 is 0 Å². The van der Waals surface area contributed by atoms with Crippen LogP contribution in [0.4, 0.5) is 5.00 Å². The molecule has 3 rings (SSSR count). The SMILES string of the molecule is CC(C)(C)[C@@H]1CCc2c(sc(NC(=O)/C=C/c3ccco3)c2C(N)=O)C1. The summed E-state index contributed by atoms with van der Waals surface area (Å²) in [5, 5.41) is 3.36. The number of furan rings is 1. The Hall–Kier alpha value is -2.34. The Morgan fingerprint density at radius 3 is 2.77 bits per heavy atom. The highest BCUT2D eigenvalue weighted by Gasteiger charge is 2.33. The number of thiophene rings is 1. The van der Waals surface area contributed by atoms with E-state index in [4.69, 9.17) is 10.2 Å². The van der Waals surface area contributed by atoms with Gasteiger partial charge in [-0.1, -0.05) is 20.8 Å². The highest BCUT2D eigenvalue weighted by molar-refractivity contribution is 7.17. The van der Waals surface area contributed by atoms with Gasteiger partial charge in [-0.05, 0) is 54.4 Å². The van der Waals surface area contributed by atoms with Crippen LogP contribution in [0.1, 0.15) is 53.8 Å². The van der Waals surface area contributed by atoms with Crippen molar-refractivity contribution in [1.82, 2.24) is 0 Å². The number of carbonyl (C=O) groups excluding carboxylic acids is 2. The number of carbonyl (C=O) groups is 2. The number of nitrogens with one attached hydrogen (secondary N) is 1. The summed E-state index contributed by atoms with van der Waals surface area (Å²) in [7, 11) is 0. The van der Waals surface area contributed by atoms with Crippen molar-refractivity contribution < 1.29 is 14.0 Å². The molecule has 138 valence electrons. The Labute approximate surface area is 157 Å². The Balaban J connectivity index is 1.83. The molecular weight excluding hydrogens is 348 g/mol. The zero-order chi connectivity index (χ0) is 18.9. The summed E-state index contributed by atoms with van der Waals surface area (Å²) in [5.41, 5.74) is 7.30. The van der Waals surface area contributed by atoms with Gasteiger partial charge in [-0.2, -0.15) is 0 Å². The predicted molar refractivity (Wildman–Crippen MR) is 104 cm³/mol. The first-order valence-corrected chi connectivity index (χ1v) is 9.54. The van der Waals surface area contributed by atoms with Crippen LogP contribution in [0.2, 0.25) is 0 Å². The van der Waals surface area contributed by atoms with Gasteiger partial charge in [0.15, 0.2) is 0 Å². The number of amides is 2. The highest BCUT2D eigenvalue weighted by Crippen LogP contribution is 2.44. The maximum Gasteiger partial charge on any atom is 0.251 e. The molecule has 0 bridgehead atoms. The molecule has 0 unspecified atom stereocenters. The molecule has 2 aromatic rings. The van der Waals surface area contributed by atoms with Crippen LogP contribution in [0.25, 0.3) is 6.08 Å². The summed E-state index contributed by atoms with van der Waals surface area (Å²) < 4.78 is 5.17. The second-order valence-corrected chi connectivity index (χ2v) is 8.82. The minimum absolute atomic E-state index is 0.212. The van der Waals surface area contributed by atoms with Gasteiger partial charge in [0.2, 0.25) is 5.91 Å². The van der Waals surface area contributed by atoms with Crippen LogP contribution in [0.3, 0.4) is 0 Å². The quantitative estimate of drug-likeness (QED) is 0.787. The molecule has 2 aromatic heterocycles. The van der Waals surface area contributed by atoms with Crippen LogP contribution < -0.4 is 11.1 Å². The van der Waals surface area contributed by atoms with E-state index in [1.807, 2.05) is 0 Å². The maximum absolute atomic E-state index is 12.2. The lowest BCUT2D eigenvalue weighted by molar-refractivity contribution is -0.111. The molecule has 0 spiro atoms. The normalized spacial score (nSPS) is 17.3. The van der Waals surface area contributed by atoms with Crippen molar-refractivity contribution in [3.63, 3.8) is 0 Å². The monoisotopic (exact) mass is 372 g/mol. The Morgan fingerprint density at radius 2 is 2.15 bits per heavy atom. The van der Waals surface area contributed by atoms with E-state index in [1.165, 1.54) is 17.4 Å². The van der Waals surface area contributed by atoms with Gasteiger partial charge in [0.05, 0.1) is 11.8 Å². The summed E-state index contributed by atoms with van der Waals surface area (Å²) >= 11 is 1.47. The molecule has 5 nitrogen and oxygen atoms in total. The number of hydrogen-bond acceptors (Lipinski definition) is 4. The van der Waals surface area contributed by atoms with Crippen molar-refractivity contribution >= 4 is 34.2 Å². The van der Waals surface area contributed by atoms with Crippen LogP contribution in [0, 0.1) is 11.3 Å². The summed E-state index contributed by atoms with van der Waals surface area (Å²) in [5.74, 6) is 0.349. The summed E-state index contributed by atoms with van der Waals surface area (Å²) in [6.07, 6.45) is 7.29. The van der Waals surface area contributed by atoms with Crippen molar-refractivity contribution in [1.29, 1.82) is 0 Å². The molecule has 6 heteroatoms. The third kappa shape index (κ3) is 3.90. The number of nitrogens with two attached hydrogens (primary N) is 1. The minimum atomic E-state index is -0.484. The average Bonchev–Trinajstić information content (AvgIpc) is 3.18. The van der Waals surface area contributed by atoms with Crippen molar-refractivity contribution in [2.24, 2.45) is 17.1 Å². The highest BCUT2D eigenvalue weighted by atomic mass is 32.1. The fraction of sp³-hybridized carbons (Fsp3) is 0.400. The first-order chi connectivity index (χ1) is 12.3. The van der Waals surface area contributed by atoms with Crippen molar-refractivity contribution in [3.05, 3.63) is 46.2 Å².